The Morgan fingerprint density at radius 2 is 0.957 bits per heavy atom. The summed E-state index contributed by atoms with van der Waals surface area (Å²) in [5.41, 5.74) is 11.3. The quantitative estimate of drug-likeness (QED) is 0.153. The summed E-state index contributed by atoms with van der Waals surface area (Å²) in [6.45, 7) is 3.96. The van der Waals surface area contributed by atoms with Gasteiger partial charge < -0.3 is 8.83 Å². The molecule has 8 aromatic rings. The van der Waals surface area contributed by atoms with E-state index in [1.165, 1.54) is 24.0 Å². The number of fused-ring (bicyclic) bond motifs is 6. The lowest BCUT2D eigenvalue weighted by Crippen LogP contribution is -1.92. The Kier molecular flexibility index (Phi) is 7.25. The van der Waals surface area contributed by atoms with Crippen LogP contribution in [0.1, 0.15) is 48.2 Å². The number of aromatic nitrogens is 4. The van der Waals surface area contributed by atoms with Crippen molar-refractivity contribution in [3.8, 4) is 22.5 Å². The molecular weight excluding hydrogens is 568 g/mol. The van der Waals surface area contributed by atoms with E-state index in [0.717, 1.165) is 92.3 Å². The minimum Gasteiger partial charge on any atom is -0.437 e. The lowest BCUT2D eigenvalue weighted by atomic mass is 10.0. The summed E-state index contributed by atoms with van der Waals surface area (Å²) in [6.07, 6.45) is 10.8. The van der Waals surface area contributed by atoms with Gasteiger partial charge in [-0.05, 0) is 99.2 Å². The molecule has 0 fully saturated rings. The van der Waals surface area contributed by atoms with Gasteiger partial charge in [0, 0.05) is 56.5 Å². The molecule has 8 rings (SSSR count). The van der Waals surface area contributed by atoms with Gasteiger partial charge in [-0.15, -0.1) is 0 Å². The molecule has 6 aromatic heterocycles. The van der Waals surface area contributed by atoms with E-state index in [-0.39, 0.29) is 0 Å². The first-order valence-electron chi connectivity index (χ1n) is 16.1. The van der Waals surface area contributed by atoms with Crippen molar-refractivity contribution in [2.24, 2.45) is 0 Å². The molecule has 46 heavy (non-hydrogen) atoms. The molecule has 0 N–H and O–H groups in total. The number of furan rings is 2. The van der Waals surface area contributed by atoms with E-state index in [9.17, 15) is 0 Å². The molecule has 0 saturated heterocycles. The van der Waals surface area contributed by atoms with E-state index in [1.54, 1.807) is 0 Å². The predicted molar refractivity (Wildman–Crippen MR) is 185 cm³/mol. The summed E-state index contributed by atoms with van der Waals surface area (Å²) < 4.78 is 12.4. The second-order valence-corrected chi connectivity index (χ2v) is 12.2. The summed E-state index contributed by atoms with van der Waals surface area (Å²) in [7, 11) is 0. The van der Waals surface area contributed by atoms with Crippen molar-refractivity contribution in [3.63, 3.8) is 0 Å². The van der Waals surface area contributed by atoms with E-state index in [4.69, 9.17) is 18.8 Å². The Bertz CT molecular complexity index is 2170. The van der Waals surface area contributed by atoms with Crippen molar-refractivity contribution in [3.05, 3.63) is 120 Å². The van der Waals surface area contributed by atoms with Crippen LogP contribution < -0.4 is 0 Å². The number of benzene rings is 2. The highest BCUT2D eigenvalue weighted by Crippen LogP contribution is 2.36. The molecule has 2 aromatic carbocycles. The van der Waals surface area contributed by atoms with Crippen LogP contribution in [0.4, 0.5) is 0 Å². The highest BCUT2D eigenvalue weighted by atomic mass is 16.3. The Hall–Kier alpha value is -5.36. The first-order valence-corrected chi connectivity index (χ1v) is 16.1. The number of para-hydroxylation sites is 2. The number of rotatable bonds is 9. The van der Waals surface area contributed by atoms with Crippen molar-refractivity contribution in [2.75, 3.05) is 0 Å². The summed E-state index contributed by atoms with van der Waals surface area (Å²) in [5.74, 6) is 0. The van der Waals surface area contributed by atoms with E-state index in [2.05, 4.69) is 82.8 Å². The fourth-order valence-electron chi connectivity index (χ4n) is 6.42. The fourth-order valence-corrected chi connectivity index (χ4v) is 6.42. The van der Waals surface area contributed by atoms with Crippen molar-refractivity contribution in [2.45, 2.75) is 52.4 Å². The Labute approximate surface area is 267 Å². The van der Waals surface area contributed by atoms with Crippen LogP contribution in [0.5, 0.6) is 0 Å². The van der Waals surface area contributed by atoms with Gasteiger partial charge in [-0.2, -0.15) is 0 Å². The van der Waals surface area contributed by atoms with Crippen LogP contribution >= 0.6 is 0 Å². The molecule has 6 heteroatoms. The Morgan fingerprint density at radius 3 is 1.39 bits per heavy atom. The second kappa shape index (κ2) is 11.9. The average molecular weight is 603 g/mol. The summed E-state index contributed by atoms with van der Waals surface area (Å²) in [6, 6.07) is 29.3. The standard InChI is InChI=1S/C40H34N4O2/c1-25-15-19-31-29-11-7-13-33(37(29)45-39(31)43-25)35-21-17-27(23-41-35)9-5-3-4-6-10-28-18-22-36(42-24-28)34-14-8-12-30-32-20-16-26(2)44-40(32)46-38(30)34/h7-8,11-24H,3-6,9-10H2,1-2H3. The number of hydrogen-bond donors (Lipinski definition) is 0. The van der Waals surface area contributed by atoms with Crippen LogP contribution in [0.3, 0.4) is 0 Å². The van der Waals surface area contributed by atoms with Crippen LogP contribution in [0.25, 0.3) is 66.7 Å². The normalized spacial score (nSPS) is 11.8. The van der Waals surface area contributed by atoms with E-state index in [1.807, 2.05) is 38.4 Å². The molecular formula is C40H34N4O2. The molecule has 0 aliphatic rings. The van der Waals surface area contributed by atoms with Gasteiger partial charge in [0.1, 0.15) is 11.2 Å². The van der Waals surface area contributed by atoms with Gasteiger partial charge in [-0.25, -0.2) is 9.97 Å². The van der Waals surface area contributed by atoms with Gasteiger partial charge in [-0.1, -0.05) is 49.2 Å². The lowest BCUT2D eigenvalue weighted by Gasteiger charge is -2.06. The van der Waals surface area contributed by atoms with Crippen molar-refractivity contribution in [1.29, 1.82) is 0 Å². The highest BCUT2D eigenvalue weighted by Gasteiger charge is 2.15. The first kappa shape index (κ1) is 28.1. The maximum atomic E-state index is 6.18. The van der Waals surface area contributed by atoms with Crippen molar-refractivity contribution >= 4 is 44.1 Å². The number of hydrogen-bond acceptors (Lipinski definition) is 6. The van der Waals surface area contributed by atoms with E-state index < -0.39 is 0 Å². The molecule has 0 atom stereocenters. The zero-order valence-corrected chi connectivity index (χ0v) is 26.1. The van der Waals surface area contributed by atoms with Gasteiger partial charge in [0.05, 0.1) is 11.4 Å². The molecule has 0 aliphatic carbocycles. The minimum atomic E-state index is 0.678. The number of unbranched alkanes of at least 4 members (excludes halogenated alkanes) is 3. The summed E-state index contributed by atoms with van der Waals surface area (Å²) in [5, 5.41) is 4.23. The number of aryl methyl sites for hydroxylation is 4. The van der Waals surface area contributed by atoms with E-state index in [0.29, 0.717) is 11.4 Å². The van der Waals surface area contributed by atoms with Crippen LogP contribution in [-0.2, 0) is 12.8 Å². The molecule has 0 spiro atoms. The van der Waals surface area contributed by atoms with Crippen LogP contribution in [0.2, 0.25) is 0 Å². The van der Waals surface area contributed by atoms with Gasteiger partial charge >= 0.3 is 0 Å². The fraction of sp³-hybridized carbons (Fsp3) is 0.200. The second-order valence-electron chi connectivity index (χ2n) is 12.2. The molecule has 0 aliphatic heterocycles. The highest BCUT2D eigenvalue weighted by molar-refractivity contribution is 6.09. The van der Waals surface area contributed by atoms with Gasteiger partial charge in [0.2, 0.25) is 11.4 Å². The largest absolute Gasteiger partial charge is 0.437 e. The van der Waals surface area contributed by atoms with Gasteiger partial charge in [-0.3, -0.25) is 9.97 Å². The van der Waals surface area contributed by atoms with E-state index >= 15 is 0 Å². The van der Waals surface area contributed by atoms with Crippen LogP contribution in [-0.4, -0.2) is 19.9 Å². The van der Waals surface area contributed by atoms with Crippen LogP contribution in [0, 0.1) is 13.8 Å². The SMILES string of the molecule is Cc1ccc2c(n1)oc1c(-c3ccc(CCCCCCc4ccc(-c5cccc6c5oc5nc(C)ccc56)nc4)cn3)cccc12. The Morgan fingerprint density at radius 1 is 0.478 bits per heavy atom. The molecule has 0 amide bonds. The summed E-state index contributed by atoms with van der Waals surface area (Å²) >= 11 is 0. The topological polar surface area (TPSA) is 77.8 Å². The van der Waals surface area contributed by atoms with Crippen LogP contribution in [0.15, 0.2) is 106 Å². The van der Waals surface area contributed by atoms with Gasteiger partial charge in [0.25, 0.3) is 0 Å². The third-order valence-corrected chi connectivity index (χ3v) is 8.89. The zero-order valence-electron chi connectivity index (χ0n) is 26.1. The average Bonchev–Trinajstić information content (AvgIpc) is 3.64. The maximum Gasteiger partial charge on any atom is 0.227 e. The summed E-state index contributed by atoms with van der Waals surface area (Å²) in [4.78, 5) is 18.8. The lowest BCUT2D eigenvalue weighted by molar-refractivity contribution is 0.639. The van der Waals surface area contributed by atoms with Gasteiger partial charge in [0.15, 0.2) is 0 Å². The smallest absolute Gasteiger partial charge is 0.227 e. The molecule has 0 radical (unpaired) electrons. The third kappa shape index (κ3) is 5.30. The first-order chi connectivity index (χ1) is 22.6. The molecule has 6 nitrogen and oxygen atoms in total. The zero-order chi connectivity index (χ0) is 31.0. The van der Waals surface area contributed by atoms with Crippen molar-refractivity contribution in [1.82, 2.24) is 19.9 Å². The molecule has 6 heterocycles. The number of pyridine rings is 4. The maximum absolute atomic E-state index is 6.18. The molecule has 226 valence electrons. The molecule has 0 saturated carbocycles. The Balaban J connectivity index is 0.847. The molecule has 0 unspecified atom stereocenters. The monoisotopic (exact) mass is 602 g/mol. The minimum absolute atomic E-state index is 0.678. The molecule has 0 bridgehead atoms. The third-order valence-electron chi connectivity index (χ3n) is 8.89. The predicted octanol–water partition coefficient (Wildman–Crippen LogP) is 10.4. The van der Waals surface area contributed by atoms with Crippen molar-refractivity contribution < 1.29 is 8.83 Å². The number of nitrogens with zero attached hydrogens (tertiary/aromatic N) is 4.